The van der Waals surface area contributed by atoms with E-state index < -0.39 is 0 Å². The average Bonchev–Trinajstić information content (AvgIpc) is 3.40. The normalized spacial score (nSPS) is 11.0. The van der Waals surface area contributed by atoms with E-state index in [0.717, 1.165) is 39.1 Å². The SMILES string of the molecule is Clc1ccc(-c2nnc(-c3ccc(Nc4nc5ncccc5cc4-c4ccccc4)cc3)o2)cc1. The fourth-order valence-corrected chi connectivity index (χ4v) is 3.95. The Bertz CT molecular complexity index is 1610. The van der Waals surface area contributed by atoms with Gasteiger partial charge in [0.25, 0.3) is 0 Å². The monoisotopic (exact) mass is 475 g/mol. The Hall–Kier alpha value is -4.55. The summed E-state index contributed by atoms with van der Waals surface area (Å²) < 4.78 is 5.87. The van der Waals surface area contributed by atoms with Gasteiger partial charge in [-0.25, -0.2) is 9.97 Å². The van der Waals surface area contributed by atoms with E-state index >= 15 is 0 Å². The summed E-state index contributed by atoms with van der Waals surface area (Å²) in [5.74, 6) is 1.62. The molecule has 3 aromatic carbocycles. The third kappa shape index (κ3) is 4.35. The number of anilines is 2. The second-order valence-corrected chi connectivity index (χ2v) is 8.36. The molecule has 0 atom stereocenters. The molecule has 0 saturated heterocycles. The number of hydrogen-bond donors (Lipinski definition) is 1. The van der Waals surface area contributed by atoms with Gasteiger partial charge in [-0.05, 0) is 72.3 Å². The topological polar surface area (TPSA) is 76.7 Å². The molecule has 6 aromatic rings. The second kappa shape index (κ2) is 9.00. The summed E-state index contributed by atoms with van der Waals surface area (Å²) >= 11 is 5.97. The largest absolute Gasteiger partial charge is 0.416 e. The number of benzene rings is 3. The maximum absolute atomic E-state index is 5.97. The van der Waals surface area contributed by atoms with E-state index in [0.29, 0.717) is 22.5 Å². The first-order chi connectivity index (χ1) is 17.2. The van der Waals surface area contributed by atoms with E-state index in [-0.39, 0.29) is 0 Å². The van der Waals surface area contributed by atoms with Crippen molar-refractivity contribution in [3.05, 3.63) is 108 Å². The molecule has 0 unspecified atom stereocenters. The van der Waals surface area contributed by atoms with Gasteiger partial charge in [-0.3, -0.25) is 0 Å². The highest BCUT2D eigenvalue weighted by Crippen LogP contribution is 2.32. The van der Waals surface area contributed by atoms with Crippen LogP contribution in [0.1, 0.15) is 0 Å². The molecule has 0 fully saturated rings. The summed E-state index contributed by atoms with van der Waals surface area (Å²) in [6.45, 7) is 0. The van der Waals surface area contributed by atoms with Crippen molar-refractivity contribution in [2.24, 2.45) is 0 Å². The number of rotatable bonds is 5. The first-order valence-electron chi connectivity index (χ1n) is 11.0. The molecule has 0 radical (unpaired) electrons. The van der Waals surface area contributed by atoms with Gasteiger partial charge in [0.15, 0.2) is 5.65 Å². The molecular formula is C28H18ClN5O. The third-order valence-electron chi connectivity index (χ3n) is 5.59. The van der Waals surface area contributed by atoms with Crippen LogP contribution in [0.2, 0.25) is 5.02 Å². The molecule has 3 heterocycles. The second-order valence-electron chi connectivity index (χ2n) is 7.92. The van der Waals surface area contributed by atoms with E-state index in [9.17, 15) is 0 Å². The number of fused-ring (bicyclic) bond motifs is 1. The Morgan fingerprint density at radius 1 is 0.686 bits per heavy atom. The lowest BCUT2D eigenvalue weighted by molar-refractivity contribution is 0.584. The van der Waals surface area contributed by atoms with Gasteiger partial charge in [0.1, 0.15) is 5.82 Å². The van der Waals surface area contributed by atoms with Crippen LogP contribution in [-0.4, -0.2) is 20.2 Å². The summed E-state index contributed by atoms with van der Waals surface area (Å²) in [7, 11) is 0. The van der Waals surface area contributed by atoms with Gasteiger partial charge in [0.2, 0.25) is 11.8 Å². The van der Waals surface area contributed by atoms with Crippen LogP contribution in [0.5, 0.6) is 0 Å². The van der Waals surface area contributed by atoms with Crippen molar-refractivity contribution in [1.29, 1.82) is 0 Å². The summed E-state index contributed by atoms with van der Waals surface area (Å²) in [4.78, 5) is 9.22. The zero-order valence-corrected chi connectivity index (χ0v) is 19.1. The number of halogens is 1. The number of nitrogens with one attached hydrogen (secondary N) is 1. The van der Waals surface area contributed by atoms with Gasteiger partial charge in [0.05, 0.1) is 0 Å². The summed E-state index contributed by atoms with van der Waals surface area (Å²) in [6, 6.07) is 31.3. The molecule has 6 rings (SSSR count). The van der Waals surface area contributed by atoms with Gasteiger partial charge >= 0.3 is 0 Å². The maximum atomic E-state index is 5.97. The molecule has 0 spiro atoms. The van der Waals surface area contributed by atoms with Crippen LogP contribution in [0.4, 0.5) is 11.5 Å². The molecule has 3 aromatic heterocycles. The highest BCUT2D eigenvalue weighted by molar-refractivity contribution is 6.30. The van der Waals surface area contributed by atoms with Crippen LogP contribution >= 0.6 is 11.6 Å². The minimum Gasteiger partial charge on any atom is -0.416 e. The Morgan fingerprint density at radius 3 is 2.09 bits per heavy atom. The standard InChI is InChI=1S/C28H18ClN5O/c29-22-12-8-19(9-13-22)27-33-34-28(35-27)20-10-14-23(15-11-20)31-26-24(18-5-2-1-3-6-18)17-21-7-4-16-30-25(21)32-26/h1-17H,(H,30,31,32). The van der Waals surface area contributed by atoms with Crippen molar-refractivity contribution in [3.63, 3.8) is 0 Å². The molecule has 0 aliphatic heterocycles. The van der Waals surface area contributed by atoms with Crippen molar-refractivity contribution in [2.45, 2.75) is 0 Å². The van der Waals surface area contributed by atoms with Crippen molar-refractivity contribution in [1.82, 2.24) is 20.2 Å². The molecule has 0 aliphatic carbocycles. The zero-order chi connectivity index (χ0) is 23.6. The Morgan fingerprint density at radius 2 is 1.37 bits per heavy atom. The lowest BCUT2D eigenvalue weighted by atomic mass is 10.0. The first kappa shape index (κ1) is 21.0. The van der Waals surface area contributed by atoms with E-state index in [2.05, 4.69) is 38.7 Å². The molecule has 7 heteroatoms. The van der Waals surface area contributed by atoms with Gasteiger partial charge in [-0.15, -0.1) is 10.2 Å². The molecule has 168 valence electrons. The zero-order valence-electron chi connectivity index (χ0n) is 18.4. The van der Waals surface area contributed by atoms with E-state index in [1.54, 1.807) is 18.3 Å². The van der Waals surface area contributed by atoms with Crippen LogP contribution in [0.25, 0.3) is 45.1 Å². The fourth-order valence-electron chi connectivity index (χ4n) is 3.82. The van der Waals surface area contributed by atoms with Gasteiger partial charge in [-0.1, -0.05) is 41.9 Å². The molecule has 0 aliphatic rings. The molecule has 0 bridgehead atoms. The van der Waals surface area contributed by atoms with Crippen LogP contribution < -0.4 is 5.32 Å². The fraction of sp³-hybridized carbons (Fsp3) is 0. The summed E-state index contributed by atoms with van der Waals surface area (Å²) in [5, 5.41) is 13.5. The van der Waals surface area contributed by atoms with E-state index in [4.69, 9.17) is 21.0 Å². The van der Waals surface area contributed by atoms with Gasteiger partial charge in [0, 0.05) is 39.0 Å². The minimum atomic E-state index is 0.444. The summed E-state index contributed by atoms with van der Waals surface area (Å²) in [6.07, 6.45) is 1.75. The number of nitrogens with zero attached hydrogens (tertiary/aromatic N) is 4. The van der Waals surface area contributed by atoms with Crippen LogP contribution in [0.15, 0.2) is 108 Å². The third-order valence-corrected chi connectivity index (χ3v) is 5.84. The Kier molecular flexibility index (Phi) is 5.41. The van der Waals surface area contributed by atoms with Crippen molar-refractivity contribution >= 4 is 34.1 Å². The van der Waals surface area contributed by atoms with Gasteiger partial charge < -0.3 is 9.73 Å². The van der Waals surface area contributed by atoms with Gasteiger partial charge in [-0.2, -0.15) is 0 Å². The average molecular weight is 476 g/mol. The van der Waals surface area contributed by atoms with Crippen molar-refractivity contribution < 1.29 is 4.42 Å². The van der Waals surface area contributed by atoms with E-state index in [1.807, 2.05) is 66.7 Å². The van der Waals surface area contributed by atoms with Crippen LogP contribution in [0.3, 0.4) is 0 Å². The predicted octanol–water partition coefficient (Wildman–Crippen LogP) is 7.41. The van der Waals surface area contributed by atoms with Crippen LogP contribution in [-0.2, 0) is 0 Å². The maximum Gasteiger partial charge on any atom is 0.248 e. The highest BCUT2D eigenvalue weighted by Gasteiger charge is 2.13. The lowest BCUT2D eigenvalue weighted by Gasteiger charge is -2.13. The highest BCUT2D eigenvalue weighted by atomic mass is 35.5. The lowest BCUT2D eigenvalue weighted by Crippen LogP contribution is -1.98. The predicted molar refractivity (Wildman–Crippen MR) is 138 cm³/mol. The minimum absolute atomic E-state index is 0.444. The molecule has 6 nitrogen and oxygen atoms in total. The van der Waals surface area contributed by atoms with Crippen molar-refractivity contribution in [2.75, 3.05) is 5.32 Å². The van der Waals surface area contributed by atoms with Crippen molar-refractivity contribution in [3.8, 4) is 34.0 Å². The summed E-state index contributed by atoms with van der Waals surface area (Å²) in [5.41, 5.74) is 5.28. The molecule has 1 N–H and O–H groups in total. The number of hydrogen-bond acceptors (Lipinski definition) is 6. The quantitative estimate of drug-likeness (QED) is 0.279. The molecule has 0 amide bonds. The van der Waals surface area contributed by atoms with Crippen LogP contribution in [0, 0.1) is 0 Å². The Labute approximate surface area is 206 Å². The molecule has 0 saturated carbocycles. The number of aromatic nitrogens is 4. The smallest absolute Gasteiger partial charge is 0.248 e. The first-order valence-corrected chi connectivity index (χ1v) is 11.4. The molecular weight excluding hydrogens is 458 g/mol. The number of pyridine rings is 2. The van der Waals surface area contributed by atoms with E-state index in [1.165, 1.54) is 0 Å². The Balaban J connectivity index is 1.30. The molecule has 35 heavy (non-hydrogen) atoms.